The van der Waals surface area contributed by atoms with Crippen molar-refractivity contribution in [2.24, 2.45) is 17.8 Å². The molecule has 2 fully saturated rings. The van der Waals surface area contributed by atoms with Crippen molar-refractivity contribution in [2.75, 3.05) is 0 Å². The fourth-order valence-corrected chi connectivity index (χ4v) is 5.33. The van der Waals surface area contributed by atoms with Gasteiger partial charge < -0.3 is 4.74 Å². The number of ether oxygens (including phenoxy) is 1. The van der Waals surface area contributed by atoms with Crippen LogP contribution in [0, 0.1) is 23.6 Å². The molecular formula is C23H33F3O. The van der Waals surface area contributed by atoms with Crippen molar-refractivity contribution < 1.29 is 17.9 Å². The maximum atomic E-state index is 14.0. The van der Waals surface area contributed by atoms with E-state index in [0.29, 0.717) is 5.92 Å². The minimum Gasteiger partial charge on any atom is -0.432 e. The van der Waals surface area contributed by atoms with Gasteiger partial charge in [-0.25, -0.2) is 4.39 Å². The topological polar surface area (TPSA) is 9.23 Å². The average molecular weight is 383 g/mol. The van der Waals surface area contributed by atoms with Gasteiger partial charge in [0.1, 0.15) is 0 Å². The summed E-state index contributed by atoms with van der Waals surface area (Å²) in [4.78, 5) is 0. The summed E-state index contributed by atoms with van der Waals surface area (Å²) in [5.74, 6) is 1.95. The van der Waals surface area contributed by atoms with Gasteiger partial charge in [0, 0.05) is 0 Å². The zero-order chi connectivity index (χ0) is 19.2. The van der Waals surface area contributed by atoms with E-state index in [4.69, 9.17) is 0 Å². The molecule has 1 aromatic carbocycles. The summed E-state index contributed by atoms with van der Waals surface area (Å²) in [7, 11) is 0. The standard InChI is InChI=1S/C23H33F3O/c1-2-3-4-16-5-7-17(8-6-16)18-9-11-19(12-10-18)20-13-14-22(21(24)15-20)27-23(25)26/h13-19,23H,2-12H2,1H3/t16-,17-,18-,19-. The second-order valence-electron chi connectivity index (χ2n) is 8.60. The van der Waals surface area contributed by atoms with Gasteiger partial charge in [-0.05, 0) is 79.9 Å². The maximum absolute atomic E-state index is 14.0. The zero-order valence-electron chi connectivity index (χ0n) is 16.4. The smallest absolute Gasteiger partial charge is 0.387 e. The predicted octanol–water partition coefficient (Wildman–Crippen LogP) is 7.70. The highest BCUT2D eigenvalue weighted by Crippen LogP contribution is 2.44. The fraction of sp³-hybridized carbons (Fsp3) is 0.739. The molecule has 0 saturated heterocycles. The van der Waals surface area contributed by atoms with E-state index in [9.17, 15) is 13.2 Å². The van der Waals surface area contributed by atoms with E-state index in [-0.39, 0.29) is 5.75 Å². The van der Waals surface area contributed by atoms with Crippen molar-refractivity contribution in [3.05, 3.63) is 29.6 Å². The van der Waals surface area contributed by atoms with Crippen LogP contribution in [0.3, 0.4) is 0 Å². The summed E-state index contributed by atoms with van der Waals surface area (Å²) in [6.07, 6.45) is 14.3. The Morgan fingerprint density at radius 3 is 2.15 bits per heavy atom. The third-order valence-corrected chi connectivity index (χ3v) is 6.94. The summed E-state index contributed by atoms with van der Waals surface area (Å²) in [6.45, 7) is -0.715. The normalized spacial score (nSPS) is 29.1. The highest BCUT2D eigenvalue weighted by Gasteiger charge is 2.31. The highest BCUT2D eigenvalue weighted by atomic mass is 19.3. The lowest BCUT2D eigenvalue weighted by molar-refractivity contribution is -0.0522. The average Bonchev–Trinajstić information content (AvgIpc) is 2.68. The van der Waals surface area contributed by atoms with Gasteiger partial charge in [-0.2, -0.15) is 8.78 Å². The molecule has 2 saturated carbocycles. The molecule has 0 bridgehead atoms. The Hall–Kier alpha value is -1.19. The van der Waals surface area contributed by atoms with Crippen LogP contribution in [-0.2, 0) is 0 Å². The molecule has 0 N–H and O–H groups in total. The summed E-state index contributed by atoms with van der Waals surface area (Å²) >= 11 is 0. The summed E-state index contributed by atoms with van der Waals surface area (Å²) < 4.78 is 42.8. The Morgan fingerprint density at radius 1 is 0.963 bits per heavy atom. The number of unbranched alkanes of at least 4 members (excludes halogenated alkanes) is 1. The lowest BCUT2D eigenvalue weighted by atomic mass is 9.68. The molecular weight excluding hydrogens is 349 g/mol. The van der Waals surface area contributed by atoms with Crippen molar-refractivity contribution in [3.8, 4) is 5.75 Å². The number of rotatable bonds is 7. The number of halogens is 3. The minimum absolute atomic E-state index is 0.345. The molecule has 0 radical (unpaired) electrons. The largest absolute Gasteiger partial charge is 0.432 e. The van der Waals surface area contributed by atoms with Gasteiger partial charge >= 0.3 is 6.61 Å². The van der Waals surface area contributed by atoms with Crippen LogP contribution in [0.25, 0.3) is 0 Å². The summed E-state index contributed by atoms with van der Waals surface area (Å²) in [5.41, 5.74) is 0.927. The fourth-order valence-electron chi connectivity index (χ4n) is 5.33. The predicted molar refractivity (Wildman–Crippen MR) is 103 cm³/mol. The second-order valence-corrected chi connectivity index (χ2v) is 8.60. The molecule has 0 unspecified atom stereocenters. The third-order valence-electron chi connectivity index (χ3n) is 6.94. The first kappa shape index (κ1) is 20.5. The van der Waals surface area contributed by atoms with Gasteiger partial charge in [0.15, 0.2) is 11.6 Å². The Labute approximate surface area is 161 Å². The third kappa shape index (κ3) is 5.65. The Morgan fingerprint density at radius 2 is 1.59 bits per heavy atom. The van der Waals surface area contributed by atoms with Crippen LogP contribution in [0.5, 0.6) is 5.75 Å². The summed E-state index contributed by atoms with van der Waals surface area (Å²) in [6, 6.07) is 4.49. The quantitative estimate of drug-likeness (QED) is 0.469. The van der Waals surface area contributed by atoms with Crippen molar-refractivity contribution >= 4 is 0 Å². The molecule has 152 valence electrons. The minimum atomic E-state index is -2.99. The molecule has 1 nitrogen and oxygen atoms in total. The van der Waals surface area contributed by atoms with Crippen molar-refractivity contribution in [1.82, 2.24) is 0 Å². The van der Waals surface area contributed by atoms with Crippen molar-refractivity contribution in [3.63, 3.8) is 0 Å². The van der Waals surface area contributed by atoms with E-state index in [1.165, 1.54) is 69.9 Å². The molecule has 1 aromatic rings. The SMILES string of the molecule is CCCC[C@H]1CC[C@H]([C@H]2CC[C@H](c3ccc(OC(F)F)c(F)c3)CC2)CC1. The lowest BCUT2D eigenvalue weighted by Crippen LogP contribution is -2.25. The molecule has 0 spiro atoms. The molecule has 0 amide bonds. The van der Waals surface area contributed by atoms with Gasteiger partial charge in [-0.1, -0.05) is 45.1 Å². The van der Waals surface area contributed by atoms with E-state index in [2.05, 4.69) is 11.7 Å². The monoisotopic (exact) mass is 382 g/mol. The number of alkyl halides is 2. The van der Waals surface area contributed by atoms with Crippen LogP contribution >= 0.6 is 0 Å². The molecule has 3 rings (SSSR count). The van der Waals surface area contributed by atoms with Gasteiger partial charge in [0.25, 0.3) is 0 Å². The van der Waals surface area contributed by atoms with E-state index in [1.807, 2.05) is 0 Å². The molecule has 0 aliphatic heterocycles. The zero-order valence-corrected chi connectivity index (χ0v) is 16.4. The molecule has 4 heteroatoms. The van der Waals surface area contributed by atoms with Crippen LogP contribution in [0.4, 0.5) is 13.2 Å². The van der Waals surface area contributed by atoms with E-state index in [1.54, 1.807) is 6.07 Å². The Bertz CT molecular complexity index is 573. The maximum Gasteiger partial charge on any atom is 0.387 e. The van der Waals surface area contributed by atoms with Crippen LogP contribution in [0.1, 0.15) is 89.0 Å². The van der Waals surface area contributed by atoms with Crippen molar-refractivity contribution in [1.29, 1.82) is 0 Å². The van der Waals surface area contributed by atoms with E-state index in [0.717, 1.165) is 36.2 Å². The first-order valence-corrected chi connectivity index (χ1v) is 10.8. The molecule has 2 aliphatic rings. The van der Waals surface area contributed by atoms with Gasteiger partial charge in [0.05, 0.1) is 0 Å². The molecule has 0 atom stereocenters. The van der Waals surface area contributed by atoms with Crippen LogP contribution in [-0.4, -0.2) is 6.61 Å². The van der Waals surface area contributed by atoms with Crippen LogP contribution in [0.2, 0.25) is 0 Å². The van der Waals surface area contributed by atoms with Gasteiger partial charge in [-0.3, -0.25) is 0 Å². The number of hydrogen-bond acceptors (Lipinski definition) is 1. The van der Waals surface area contributed by atoms with Crippen molar-refractivity contribution in [2.45, 2.75) is 90.1 Å². The molecule has 27 heavy (non-hydrogen) atoms. The molecule has 0 heterocycles. The first-order valence-electron chi connectivity index (χ1n) is 10.8. The number of hydrogen-bond donors (Lipinski definition) is 0. The van der Waals surface area contributed by atoms with Crippen LogP contribution < -0.4 is 4.74 Å². The van der Waals surface area contributed by atoms with Crippen LogP contribution in [0.15, 0.2) is 18.2 Å². The lowest BCUT2D eigenvalue weighted by Gasteiger charge is -2.38. The van der Waals surface area contributed by atoms with E-state index < -0.39 is 12.4 Å². The number of benzene rings is 1. The summed E-state index contributed by atoms with van der Waals surface area (Å²) in [5, 5.41) is 0. The second kappa shape index (κ2) is 9.84. The Kier molecular flexibility index (Phi) is 7.49. The molecule has 0 aromatic heterocycles. The Balaban J connectivity index is 1.47. The molecule has 2 aliphatic carbocycles. The van der Waals surface area contributed by atoms with Gasteiger partial charge in [-0.15, -0.1) is 0 Å². The van der Waals surface area contributed by atoms with Gasteiger partial charge in [0.2, 0.25) is 0 Å². The highest BCUT2D eigenvalue weighted by molar-refractivity contribution is 5.31. The van der Waals surface area contributed by atoms with E-state index >= 15 is 0 Å². The first-order chi connectivity index (χ1) is 13.1.